The lowest BCUT2D eigenvalue weighted by Crippen LogP contribution is -2.46. The number of alkyl halides is 3. The smallest absolute Gasteiger partial charge is 0.418 e. The number of nitrogens with zero attached hydrogens (tertiary/aromatic N) is 2. The molecule has 2 aromatic carbocycles. The summed E-state index contributed by atoms with van der Waals surface area (Å²) in [4.78, 5) is 4.20. The molecule has 0 bridgehead atoms. The number of ether oxygens (including phenoxy) is 1. The lowest BCUT2D eigenvalue weighted by atomic mass is 9.83. The Morgan fingerprint density at radius 2 is 1.90 bits per heavy atom. The average molecular weight is 432 g/mol. The van der Waals surface area contributed by atoms with Gasteiger partial charge in [-0.05, 0) is 51.2 Å². The fourth-order valence-corrected chi connectivity index (χ4v) is 4.55. The minimum absolute atomic E-state index is 0.0622. The van der Waals surface area contributed by atoms with E-state index in [1.807, 2.05) is 32.0 Å². The maximum absolute atomic E-state index is 13.8. The molecular weight excluding hydrogens is 403 g/mol. The summed E-state index contributed by atoms with van der Waals surface area (Å²) >= 11 is 0. The molecule has 1 aromatic heterocycles. The van der Waals surface area contributed by atoms with Gasteiger partial charge in [0.15, 0.2) is 0 Å². The van der Waals surface area contributed by atoms with E-state index in [2.05, 4.69) is 29.4 Å². The van der Waals surface area contributed by atoms with E-state index in [4.69, 9.17) is 4.74 Å². The van der Waals surface area contributed by atoms with Crippen molar-refractivity contribution in [2.45, 2.75) is 63.8 Å². The van der Waals surface area contributed by atoms with Crippen LogP contribution in [-0.4, -0.2) is 28.2 Å². The number of imidazole rings is 1. The first-order valence-corrected chi connectivity index (χ1v) is 10.7. The second-order valence-electron chi connectivity index (χ2n) is 8.74. The van der Waals surface area contributed by atoms with Gasteiger partial charge in [-0.2, -0.15) is 13.2 Å². The maximum Gasteiger partial charge on any atom is 0.418 e. The number of halogens is 3. The van der Waals surface area contributed by atoms with Crippen LogP contribution >= 0.6 is 0 Å². The minimum atomic E-state index is -4.49. The van der Waals surface area contributed by atoms with Gasteiger partial charge in [0.1, 0.15) is 12.4 Å². The van der Waals surface area contributed by atoms with Gasteiger partial charge in [-0.1, -0.05) is 30.3 Å². The summed E-state index contributed by atoms with van der Waals surface area (Å²) in [5, 5.41) is 3.52. The van der Waals surface area contributed by atoms with Crippen LogP contribution in [0.5, 0.6) is 5.75 Å². The van der Waals surface area contributed by atoms with Crippen molar-refractivity contribution >= 4 is 11.0 Å². The Labute approximate surface area is 180 Å². The van der Waals surface area contributed by atoms with E-state index >= 15 is 0 Å². The summed E-state index contributed by atoms with van der Waals surface area (Å²) < 4.78 is 48.8. The highest BCUT2D eigenvalue weighted by Crippen LogP contribution is 2.38. The zero-order chi connectivity index (χ0) is 22.2. The van der Waals surface area contributed by atoms with E-state index in [1.54, 1.807) is 10.6 Å². The third-order valence-electron chi connectivity index (χ3n) is 5.95. The largest absolute Gasteiger partial charge is 0.492 e. The average Bonchev–Trinajstić information content (AvgIpc) is 3.15. The van der Waals surface area contributed by atoms with Crippen molar-refractivity contribution in [1.29, 1.82) is 0 Å². The van der Waals surface area contributed by atoms with Crippen molar-refractivity contribution in [3.63, 3.8) is 0 Å². The number of aromatic nitrogens is 2. The number of fused-ring (bicyclic) bond motifs is 1. The summed E-state index contributed by atoms with van der Waals surface area (Å²) in [7, 11) is 0. The van der Waals surface area contributed by atoms with Gasteiger partial charge in [0.2, 0.25) is 0 Å². The first kappa shape index (κ1) is 21.7. The van der Waals surface area contributed by atoms with Crippen molar-refractivity contribution in [2.75, 3.05) is 6.61 Å². The fraction of sp³-hybridized carbons (Fsp3) is 0.458. The predicted molar refractivity (Wildman–Crippen MR) is 115 cm³/mol. The second-order valence-corrected chi connectivity index (χ2v) is 8.74. The molecule has 7 heteroatoms. The molecule has 166 valence electrons. The Kier molecular flexibility index (Phi) is 5.97. The third kappa shape index (κ3) is 4.71. The van der Waals surface area contributed by atoms with Crippen molar-refractivity contribution in [1.82, 2.24) is 14.9 Å². The molecule has 0 radical (unpaired) electrons. The molecule has 3 unspecified atom stereocenters. The lowest BCUT2D eigenvalue weighted by molar-refractivity contribution is -0.136. The molecule has 1 aliphatic heterocycles. The molecule has 1 fully saturated rings. The summed E-state index contributed by atoms with van der Waals surface area (Å²) in [6.07, 6.45) is -1.12. The minimum Gasteiger partial charge on any atom is -0.492 e. The zero-order valence-corrected chi connectivity index (χ0v) is 18.0. The number of rotatable bonds is 5. The van der Waals surface area contributed by atoms with Crippen LogP contribution in [-0.2, 0) is 6.18 Å². The van der Waals surface area contributed by atoms with Crippen LogP contribution in [0.4, 0.5) is 13.2 Å². The lowest BCUT2D eigenvalue weighted by Gasteiger charge is -2.35. The monoisotopic (exact) mass is 431 g/mol. The van der Waals surface area contributed by atoms with Gasteiger partial charge in [0.05, 0.1) is 22.9 Å². The Hall–Kier alpha value is -2.54. The van der Waals surface area contributed by atoms with E-state index in [0.717, 1.165) is 18.9 Å². The van der Waals surface area contributed by atoms with Crippen molar-refractivity contribution in [2.24, 2.45) is 0 Å². The highest BCUT2D eigenvalue weighted by Gasteiger charge is 2.35. The molecule has 0 spiro atoms. The molecule has 0 saturated carbocycles. The standard InChI is InChI=1S/C24H28F3N3O/c1-15(2)30-14-28-22-12-20(11-21(23(22)30)24(25,26)27)31-13-19-10-18(9-16(3)29-19)17-7-5-4-6-8-17/h4-8,11-12,14-16,18-19,29H,9-10,13H2,1-3H3. The van der Waals surface area contributed by atoms with Gasteiger partial charge >= 0.3 is 6.18 Å². The molecule has 0 aliphatic carbocycles. The molecule has 0 amide bonds. The van der Waals surface area contributed by atoms with Crippen LogP contribution in [0.3, 0.4) is 0 Å². The highest BCUT2D eigenvalue weighted by molar-refractivity contribution is 5.81. The second kappa shape index (κ2) is 8.54. The van der Waals surface area contributed by atoms with E-state index in [0.29, 0.717) is 24.1 Å². The van der Waals surface area contributed by atoms with Gasteiger partial charge in [0.25, 0.3) is 0 Å². The predicted octanol–water partition coefficient (Wildman–Crippen LogP) is 5.94. The summed E-state index contributed by atoms with van der Waals surface area (Å²) in [6, 6.07) is 13.3. The van der Waals surface area contributed by atoms with Gasteiger partial charge < -0.3 is 14.6 Å². The number of piperidine rings is 1. The highest BCUT2D eigenvalue weighted by atomic mass is 19.4. The summed E-state index contributed by atoms with van der Waals surface area (Å²) in [5.74, 6) is 0.603. The number of nitrogens with one attached hydrogen (secondary N) is 1. The van der Waals surface area contributed by atoms with Crippen LogP contribution in [0.2, 0.25) is 0 Å². The number of benzene rings is 2. The van der Waals surface area contributed by atoms with E-state index in [1.165, 1.54) is 11.9 Å². The van der Waals surface area contributed by atoms with E-state index in [-0.39, 0.29) is 23.3 Å². The third-order valence-corrected chi connectivity index (χ3v) is 5.95. The van der Waals surface area contributed by atoms with Crippen LogP contribution in [0.1, 0.15) is 56.7 Å². The molecular formula is C24H28F3N3O. The molecule has 3 atom stereocenters. The Bertz CT molecular complexity index is 1030. The fourth-order valence-electron chi connectivity index (χ4n) is 4.55. The summed E-state index contributed by atoms with van der Waals surface area (Å²) in [5.41, 5.74) is 0.980. The molecule has 3 aromatic rings. The Morgan fingerprint density at radius 1 is 1.16 bits per heavy atom. The van der Waals surface area contributed by atoms with Gasteiger partial charge in [-0.3, -0.25) is 0 Å². The van der Waals surface area contributed by atoms with Crippen molar-refractivity contribution in [3.8, 4) is 5.75 Å². The first-order valence-electron chi connectivity index (χ1n) is 10.7. The van der Waals surface area contributed by atoms with E-state index in [9.17, 15) is 13.2 Å². The van der Waals surface area contributed by atoms with Crippen LogP contribution in [0.15, 0.2) is 48.8 Å². The molecule has 4 rings (SSSR count). The van der Waals surface area contributed by atoms with Gasteiger partial charge in [-0.25, -0.2) is 4.98 Å². The van der Waals surface area contributed by atoms with Gasteiger partial charge in [-0.15, -0.1) is 0 Å². The Morgan fingerprint density at radius 3 is 2.58 bits per heavy atom. The molecule has 2 heterocycles. The van der Waals surface area contributed by atoms with Crippen molar-refractivity contribution in [3.05, 3.63) is 59.9 Å². The molecule has 31 heavy (non-hydrogen) atoms. The first-order chi connectivity index (χ1) is 14.7. The summed E-state index contributed by atoms with van der Waals surface area (Å²) in [6.45, 7) is 6.12. The molecule has 1 aliphatic rings. The zero-order valence-electron chi connectivity index (χ0n) is 18.0. The molecule has 4 nitrogen and oxygen atoms in total. The molecule has 1 saturated heterocycles. The Balaban J connectivity index is 1.55. The molecule has 1 N–H and O–H groups in total. The number of hydrogen-bond donors (Lipinski definition) is 1. The topological polar surface area (TPSA) is 39.1 Å². The van der Waals surface area contributed by atoms with Crippen LogP contribution in [0, 0.1) is 0 Å². The van der Waals surface area contributed by atoms with Crippen LogP contribution in [0.25, 0.3) is 11.0 Å². The number of hydrogen-bond acceptors (Lipinski definition) is 3. The van der Waals surface area contributed by atoms with E-state index < -0.39 is 11.7 Å². The van der Waals surface area contributed by atoms with Crippen molar-refractivity contribution < 1.29 is 17.9 Å². The normalized spacial score (nSPS) is 22.2. The SMILES string of the molecule is CC1CC(c2ccccc2)CC(COc2cc(C(F)(F)F)c3c(c2)ncn3C(C)C)N1. The van der Waals surface area contributed by atoms with Gasteiger partial charge in [0, 0.05) is 24.2 Å². The quantitative estimate of drug-likeness (QED) is 0.543. The van der Waals surface area contributed by atoms with Crippen LogP contribution < -0.4 is 10.1 Å². The maximum atomic E-state index is 13.8.